The molecule has 0 N–H and O–H groups in total. The van der Waals surface area contributed by atoms with Crippen LogP contribution in [0.5, 0.6) is 0 Å². The van der Waals surface area contributed by atoms with E-state index in [0.717, 1.165) is 0 Å². The van der Waals surface area contributed by atoms with Crippen LogP contribution in [0.1, 0.15) is 26.7 Å². The van der Waals surface area contributed by atoms with Crippen LogP contribution in [0.2, 0.25) is 0 Å². The van der Waals surface area contributed by atoms with Crippen molar-refractivity contribution in [2.75, 3.05) is 13.2 Å². The maximum absolute atomic E-state index is 10.9. The zero-order chi connectivity index (χ0) is 12.6. The fourth-order valence-electron chi connectivity index (χ4n) is 0.648. The van der Waals surface area contributed by atoms with Crippen LogP contribution in [-0.4, -0.2) is 25.2 Å². The van der Waals surface area contributed by atoms with E-state index >= 15 is 0 Å². The van der Waals surface area contributed by atoms with Gasteiger partial charge in [0.25, 0.3) is 0 Å². The van der Waals surface area contributed by atoms with Gasteiger partial charge in [-0.2, -0.15) is 0 Å². The van der Waals surface area contributed by atoms with E-state index in [1.54, 1.807) is 13.8 Å². The molecule has 0 fully saturated rings. The normalized spacial score (nSPS) is 11.8. The van der Waals surface area contributed by atoms with Crippen LogP contribution in [-0.2, 0) is 19.1 Å². The van der Waals surface area contributed by atoms with Crippen LogP contribution in [0, 0.1) is 0 Å². The molecule has 0 aliphatic rings. The first-order chi connectivity index (χ1) is 7.51. The molecule has 0 rings (SSSR count). The summed E-state index contributed by atoms with van der Waals surface area (Å²) in [5.74, 6) is -0.550. The van der Waals surface area contributed by atoms with Crippen molar-refractivity contribution < 1.29 is 19.1 Å². The van der Waals surface area contributed by atoms with Crippen molar-refractivity contribution in [3.05, 3.63) is 8.96 Å². The number of carbonyl (C=O) groups excluding carboxylic acids is 2. The zero-order valence-corrected chi connectivity index (χ0v) is 12.4. The lowest BCUT2D eigenvalue weighted by atomic mass is 10.5. The summed E-state index contributed by atoms with van der Waals surface area (Å²) in [6.45, 7) is 3.71. The summed E-state index contributed by atoms with van der Waals surface area (Å²) >= 11 is 6.47. The maximum Gasteiger partial charge on any atom is 0.305 e. The predicted molar refractivity (Wildman–Crippen MR) is 67.4 cm³/mol. The fourth-order valence-corrected chi connectivity index (χ4v) is 1.11. The second kappa shape index (κ2) is 8.75. The summed E-state index contributed by atoms with van der Waals surface area (Å²) in [4.78, 5) is 21.8. The molecule has 92 valence electrons. The molecule has 0 aromatic carbocycles. The minimum Gasteiger partial charge on any atom is -0.460 e. The molecule has 0 unspecified atom stereocenters. The lowest BCUT2D eigenvalue weighted by Crippen LogP contribution is -2.07. The smallest absolute Gasteiger partial charge is 0.305 e. The Labute approximate surface area is 112 Å². The molecular weight excluding hydrogens is 344 g/mol. The van der Waals surface area contributed by atoms with Gasteiger partial charge in [-0.25, -0.2) is 0 Å². The molecule has 0 aromatic rings. The minimum atomic E-state index is -0.275. The minimum absolute atomic E-state index is 0.136. The van der Waals surface area contributed by atoms with Crippen LogP contribution < -0.4 is 0 Å². The molecule has 0 saturated carbocycles. The molecule has 16 heavy (non-hydrogen) atoms. The number of hydrogen-bond donors (Lipinski definition) is 0. The molecule has 0 aliphatic heterocycles. The van der Waals surface area contributed by atoms with Gasteiger partial charge in [0.1, 0.15) is 13.2 Å². The summed E-state index contributed by atoms with van der Waals surface area (Å²) in [5, 5.41) is 0. The third-order valence-corrected chi connectivity index (χ3v) is 3.54. The molecule has 0 heterocycles. The molecule has 0 saturated heterocycles. The van der Waals surface area contributed by atoms with Crippen LogP contribution >= 0.6 is 31.9 Å². The van der Waals surface area contributed by atoms with Gasteiger partial charge in [-0.15, -0.1) is 0 Å². The van der Waals surface area contributed by atoms with Gasteiger partial charge < -0.3 is 9.47 Å². The van der Waals surface area contributed by atoms with Crippen LogP contribution in [0.15, 0.2) is 8.96 Å². The topological polar surface area (TPSA) is 52.6 Å². The van der Waals surface area contributed by atoms with Crippen molar-refractivity contribution in [1.29, 1.82) is 0 Å². The number of esters is 2. The highest BCUT2D eigenvalue weighted by molar-refractivity contribution is 9.14. The number of halogens is 2. The summed E-state index contributed by atoms with van der Waals surface area (Å²) in [7, 11) is 0. The monoisotopic (exact) mass is 356 g/mol. The molecular formula is C10H14Br2O4. The van der Waals surface area contributed by atoms with Gasteiger partial charge >= 0.3 is 11.9 Å². The van der Waals surface area contributed by atoms with Gasteiger partial charge in [-0.05, 0) is 0 Å². The lowest BCUT2D eigenvalue weighted by Gasteiger charge is -2.06. The standard InChI is InChI=1S/C10H14Br2O4/c1-3-9(13)15-5-7(11)8(12)6-16-10(14)4-2/h3-6H2,1-2H3/b8-7-. The predicted octanol–water partition coefficient (Wildman–Crippen LogP) is 2.89. The van der Waals surface area contributed by atoms with Gasteiger partial charge in [-0.1, -0.05) is 45.7 Å². The average molecular weight is 358 g/mol. The van der Waals surface area contributed by atoms with E-state index in [0.29, 0.717) is 21.8 Å². The van der Waals surface area contributed by atoms with Crippen LogP contribution in [0.25, 0.3) is 0 Å². The van der Waals surface area contributed by atoms with Crippen molar-refractivity contribution >= 4 is 43.8 Å². The quantitative estimate of drug-likeness (QED) is 0.686. The molecule has 0 aromatic heterocycles. The van der Waals surface area contributed by atoms with Crippen molar-refractivity contribution in [1.82, 2.24) is 0 Å². The van der Waals surface area contributed by atoms with Crippen molar-refractivity contribution in [3.8, 4) is 0 Å². The Morgan fingerprint density at radius 1 is 0.875 bits per heavy atom. The summed E-state index contributed by atoms with van der Waals surface area (Å²) in [6.07, 6.45) is 0.672. The Hall–Kier alpha value is -0.360. The maximum atomic E-state index is 10.9. The highest BCUT2D eigenvalue weighted by Gasteiger charge is 2.07. The molecule has 0 radical (unpaired) electrons. The molecule has 4 nitrogen and oxygen atoms in total. The van der Waals surface area contributed by atoms with Gasteiger partial charge in [0.2, 0.25) is 0 Å². The Balaban J connectivity index is 4.04. The Bertz CT molecular complexity index is 259. The number of hydrogen-bond acceptors (Lipinski definition) is 4. The van der Waals surface area contributed by atoms with E-state index in [2.05, 4.69) is 31.9 Å². The molecule has 0 atom stereocenters. The van der Waals surface area contributed by atoms with Gasteiger partial charge in [0, 0.05) is 21.8 Å². The van der Waals surface area contributed by atoms with Crippen LogP contribution in [0.3, 0.4) is 0 Å². The first-order valence-electron chi connectivity index (χ1n) is 4.85. The average Bonchev–Trinajstić information content (AvgIpc) is 2.31. The largest absolute Gasteiger partial charge is 0.460 e. The Morgan fingerprint density at radius 3 is 1.44 bits per heavy atom. The molecule has 0 spiro atoms. The number of ether oxygens (including phenoxy) is 2. The first-order valence-corrected chi connectivity index (χ1v) is 6.44. The molecule has 0 bridgehead atoms. The number of rotatable bonds is 6. The van der Waals surface area contributed by atoms with E-state index in [1.165, 1.54) is 0 Å². The molecule has 6 heteroatoms. The highest BCUT2D eigenvalue weighted by atomic mass is 79.9. The van der Waals surface area contributed by atoms with Crippen LogP contribution in [0.4, 0.5) is 0 Å². The van der Waals surface area contributed by atoms with E-state index in [1.807, 2.05) is 0 Å². The van der Waals surface area contributed by atoms with Crippen molar-refractivity contribution in [2.24, 2.45) is 0 Å². The van der Waals surface area contributed by atoms with Gasteiger partial charge in [-0.3, -0.25) is 9.59 Å². The Kier molecular flexibility index (Phi) is 8.56. The van der Waals surface area contributed by atoms with Gasteiger partial charge in [0.15, 0.2) is 0 Å². The summed E-state index contributed by atoms with van der Waals surface area (Å²) in [6, 6.07) is 0. The van der Waals surface area contributed by atoms with Crippen molar-refractivity contribution in [2.45, 2.75) is 26.7 Å². The third kappa shape index (κ3) is 7.00. The van der Waals surface area contributed by atoms with E-state index in [9.17, 15) is 9.59 Å². The summed E-state index contributed by atoms with van der Waals surface area (Å²) in [5.41, 5.74) is 0. The SMILES string of the molecule is CCC(=O)OC/C(Br)=C(/Br)COC(=O)CC. The van der Waals surface area contributed by atoms with E-state index < -0.39 is 0 Å². The van der Waals surface area contributed by atoms with Gasteiger partial charge in [0.05, 0.1) is 0 Å². The molecule has 0 aliphatic carbocycles. The molecule has 0 amide bonds. The van der Waals surface area contributed by atoms with E-state index in [-0.39, 0.29) is 25.2 Å². The first kappa shape index (κ1) is 15.6. The summed E-state index contributed by atoms with van der Waals surface area (Å²) < 4.78 is 11.1. The lowest BCUT2D eigenvalue weighted by molar-refractivity contribution is -0.143. The Morgan fingerprint density at radius 2 is 1.19 bits per heavy atom. The highest BCUT2D eigenvalue weighted by Crippen LogP contribution is 2.19. The fraction of sp³-hybridized carbons (Fsp3) is 0.600. The zero-order valence-electron chi connectivity index (χ0n) is 9.22. The number of carbonyl (C=O) groups is 2. The second-order valence-electron chi connectivity index (χ2n) is 2.84. The van der Waals surface area contributed by atoms with Crippen molar-refractivity contribution in [3.63, 3.8) is 0 Å². The third-order valence-electron chi connectivity index (χ3n) is 1.59. The second-order valence-corrected chi connectivity index (χ2v) is 4.75. The van der Waals surface area contributed by atoms with E-state index in [4.69, 9.17) is 9.47 Å².